The Balaban J connectivity index is 1.73. The van der Waals surface area contributed by atoms with Crippen molar-refractivity contribution in [3.8, 4) is 0 Å². The monoisotopic (exact) mass is 350 g/mol. The lowest BCUT2D eigenvalue weighted by molar-refractivity contribution is -0.137. The van der Waals surface area contributed by atoms with Crippen LogP contribution in [0.15, 0.2) is 54.6 Å². The quantitative estimate of drug-likeness (QED) is 0.829. The number of carbonyl (C=O) groups excluding carboxylic acids is 1. The molecule has 0 bridgehead atoms. The number of nitrogens with zero attached hydrogens (tertiary/aromatic N) is 1. The highest BCUT2D eigenvalue weighted by Crippen LogP contribution is 2.29. The van der Waals surface area contributed by atoms with Crippen LogP contribution >= 0.6 is 0 Å². The molecule has 6 heteroatoms. The molecule has 2 aromatic carbocycles. The molecule has 0 radical (unpaired) electrons. The number of hydrogen-bond donors (Lipinski definition) is 1. The first-order valence-electron chi connectivity index (χ1n) is 8.00. The molecule has 0 aromatic heterocycles. The highest BCUT2D eigenvalue weighted by Gasteiger charge is 2.29. The Hall–Kier alpha value is -2.34. The van der Waals surface area contributed by atoms with Gasteiger partial charge in [-0.15, -0.1) is 0 Å². The molecule has 3 nitrogen and oxygen atoms in total. The predicted octanol–water partition coefficient (Wildman–Crippen LogP) is 3.50. The maximum Gasteiger partial charge on any atom is 0.416 e. The van der Waals surface area contributed by atoms with Gasteiger partial charge in [-0.05, 0) is 36.7 Å². The Kier molecular flexibility index (Phi) is 6.58. The third-order valence-electron chi connectivity index (χ3n) is 3.73. The number of benzene rings is 2. The van der Waals surface area contributed by atoms with E-state index in [1.165, 1.54) is 12.1 Å². The van der Waals surface area contributed by atoms with Crippen LogP contribution in [0.4, 0.5) is 13.2 Å². The Morgan fingerprint density at radius 3 is 2.24 bits per heavy atom. The van der Waals surface area contributed by atoms with E-state index < -0.39 is 11.7 Å². The molecule has 2 rings (SSSR count). The molecule has 1 N–H and O–H groups in total. The zero-order valence-electron chi connectivity index (χ0n) is 14.0. The molecule has 0 aliphatic heterocycles. The van der Waals surface area contributed by atoms with Crippen molar-refractivity contribution in [1.82, 2.24) is 10.2 Å². The van der Waals surface area contributed by atoms with Crippen LogP contribution in [0.25, 0.3) is 0 Å². The lowest BCUT2D eigenvalue weighted by Crippen LogP contribution is -2.35. The molecule has 0 saturated carbocycles. The summed E-state index contributed by atoms with van der Waals surface area (Å²) in [6.45, 7) is 1.15. The summed E-state index contributed by atoms with van der Waals surface area (Å²) < 4.78 is 37.6. The number of hydrogen-bond acceptors (Lipinski definition) is 2. The first-order chi connectivity index (χ1) is 11.8. The van der Waals surface area contributed by atoms with Crippen molar-refractivity contribution >= 4 is 5.91 Å². The first-order valence-corrected chi connectivity index (χ1v) is 8.00. The van der Waals surface area contributed by atoms with Crippen molar-refractivity contribution < 1.29 is 18.0 Å². The van der Waals surface area contributed by atoms with Gasteiger partial charge in [0.2, 0.25) is 5.91 Å². The highest BCUT2D eigenvalue weighted by molar-refractivity contribution is 5.77. The van der Waals surface area contributed by atoms with Crippen molar-refractivity contribution in [2.24, 2.45) is 0 Å². The van der Waals surface area contributed by atoms with Crippen LogP contribution in [0.3, 0.4) is 0 Å². The zero-order valence-corrected chi connectivity index (χ0v) is 14.0. The average molecular weight is 350 g/mol. The van der Waals surface area contributed by atoms with Gasteiger partial charge in [0.25, 0.3) is 0 Å². The van der Waals surface area contributed by atoms with Gasteiger partial charge >= 0.3 is 6.18 Å². The van der Waals surface area contributed by atoms with Crippen LogP contribution in [0, 0.1) is 0 Å². The molecule has 0 saturated heterocycles. The van der Waals surface area contributed by atoms with E-state index >= 15 is 0 Å². The topological polar surface area (TPSA) is 32.3 Å². The number of nitrogens with one attached hydrogen (secondary N) is 1. The van der Waals surface area contributed by atoms with E-state index in [0.717, 1.165) is 29.7 Å². The first kappa shape index (κ1) is 19.0. The van der Waals surface area contributed by atoms with Gasteiger partial charge in [-0.2, -0.15) is 13.2 Å². The molecule has 0 aliphatic rings. The lowest BCUT2D eigenvalue weighted by atomic mass is 10.1. The minimum absolute atomic E-state index is 0.106. The maximum atomic E-state index is 12.5. The molecule has 0 fully saturated rings. The Morgan fingerprint density at radius 2 is 1.64 bits per heavy atom. The largest absolute Gasteiger partial charge is 0.416 e. The fourth-order valence-corrected chi connectivity index (χ4v) is 2.46. The third-order valence-corrected chi connectivity index (χ3v) is 3.73. The molecule has 0 aliphatic carbocycles. The molecule has 134 valence electrons. The van der Waals surface area contributed by atoms with Crippen LogP contribution in [-0.2, 0) is 23.9 Å². The lowest BCUT2D eigenvalue weighted by Gasteiger charge is -2.17. The van der Waals surface area contributed by atoms with Gasteiger partial charge in [0.1, 0.15) is 0 Å². The molecular formula is C19H21F3N2O. The van der Waals surface area contributed by atoms with Crippen molar-refractivity contribution in [3.05, 3.63) is 71.3 Å². The van der Waals surface area contributed by atoms with Gasteiger partial charge in [0.05, 0.1) is 12.1 Å². The summed E-state index contributed by atoms with van der Waals surface area (Å²) in [5.41, 5.74) is 1.21. The Bertz CT molecular complexity index is 669. The van der Waals surface area contributed by atoms with Crippen molar-refractivity contribution in [3.63, 3.8) is 0 Å². The molecule has 2 aromatic rings. The van der Waals surface area contributed by atoms with Gasteiger partial charge in [0.15, 0.2) is 0 Å². The molecule has 0 heterocycles. The van der Waals surface area contributed by atoms with Crippen LogP contribution in [-0.4, -0.2) is 30.9 Å². The smallest absolute Gasteiger partial charge is 0.355 e. The van der Waals surface area contributed by atoms with E-state index in [1.54, 1.807) is 11.9 Å². The number of halogens is 3. The van der Waals surface area contributed by atoms with E-state index in [4.69, 9.17) is 0 Å². The van der Waals surface area contributed by atoms with Gasteiger partial charge in [0, 0.05) is 13.1 Å². The molecule has 0 unspecified atom stereocenters. The number of alkyl halides is 3. The van der Waals surface area contributed by atoms with E-state index in [-0.39, 0.29) is 12.5 Å². The Labute approximate surface area is 145 Å². The van der Waals surface area contributed by atoms with E-state index in [0.29, 0.717) is 13.1 Å². The molecule has 25 heavy (non-hydrogen) atoms. The van der Waals surface area contributed by atoms with Gasteiger partial charge in [-0.1, -0.05) is 42.5 Å². The standard InChI is InChI=1S/C19H21F3N2O/c1-24(13-16-7-9-17(10-8-16)19(20,21)22)14-18(25)23-12-11-15-5-3-2-4-6-15/h2-10H,11-14H2,1H3,(H,23,25). The zero-order chi connectivity index (χ0) is 18.3. The number of rotatable bonds is 7. The van der Waals surface area contributed by atoms with Crippen LogP contribution in [0.2, 0.25) is 0 Å². The number of carbonyl (C=O) groups is 1. The second-order valence-electron chi connectivity index (χ2n) is 5.95. The normalized spacial score (nSPS) is 11.6. The maximum absolute atomic E-state index is 12.5. The minimum Gasteiger partial charge on any atom is -0.355 e. The molecule has 0 atom stereocenters. The van der Waals surface area contributed by atoms with Crippen molar-refractivity contribution in [1.29, 1.82) is 0 Å². The summed E-state index contributed by atoms with van der Waals surface area (Å²) in [5.74, 6) is -0.106. The predicted molar refractivity (Wildman–Crippen MR) is 90.9 cm³/mol. The second kappa shape index (κ2) is 8.67. The summed E-state index contributed by atoms with van der Waals surface area (Å²) in [4.78, 5) is 13.7. The average Bonchev–Trinajstić information content (AvgIpc) is 2.55. The molecular weight excluding hydrogens is 329 g/mol. The fraction of sp³-hybridized carbons (Fsp3) is 0.316. The highest BCUT2D eigenvalue weighted by atomic mass is 19.4. The molecule has 1 amide bonds. The van der Waals surface area contributed by atoms with Gasteiger partial charge in [-0.25, -0.2) is 0 Å². The van der Waals surface area contributed by atoms with E-state index in [1.807, 2.05) is 30.3 Å². The van der Waals surface area contributed by atoms with Crippen molar-refractivity contribution in [2.45, 2.75) is 19.1 Å². The molecule has 0 spiro atoms. The van der Waals surface area contributed by atoms with Gasteiger partial charge in [-0.3, -0.25) is 9.69 Å². The minimum atomic E-state index is -4.33. The fourth-order valence-electron chi connectivity index (χ4n) is 2.46. The second-order valence-corrected chi connectivity index (χ2v) is 5.95. The summed E-state index contributed by atoms with van der Waals surface area (Å²) in [6, 6.07) is 14.8. The number of likely N-dealkylation sites (N-methyl/N-ethyl adjacent to an activating group) is 1. The summed E-state index contributed by atoms with van der Waals surface area (Å²) in [5, 5.41) is 2.85. The summed E-state index contributed by atoms with van der Waals surface area (Å²) in [6.07, 6.45) is -3.57. The summed E-state index contributed by atoms with van der Waals surface area (Å²) in [7, 11) is 1.76. The van der Waals surface area contributed by atoms with Crippen LogP contribution in [0.1, 0.15) is 16.7 Å². The third kappa shape index (κ3) is 6.58. The van der Waals surface area contributed by atoms with E-state index in [9.17, 15) is 18.0 Å². The number of amides is 1. The summed E-state index contributed by atoms with van der Waals surface area (Å²) >= 11 is 0. The van der Waals surface area contributed by atoms with Crippen LogP contribution < -0.4 is 5.32 Å². The van der Waals surface area contributed by atoms with E-state index in [2.05, 4.69) is 5.32 Å². The van der Waals surface area contributed by atoms with Gasteiger partial charge < -0.3 is 5.32 Å². The SMILES string of the molecule is CN(CC(=O)NCCc1ccccc1)Cc1ccc(C(F)(F)F)cc1. The van der Waals surface area contributed by atoms with Crippen molar-refractivity contribution in [2.75, 3.05) is 20.1 Å². The van der Waals surface area contributed by atoms with Crippen LogP contribution in [0.5, 0.6) is 0 Å². The Morgan fingerprint density at radius 1 is 1.00 bits per heavy atom.